The number of hydrogen-bond donors (Lipinski definition) is 1. The molecule has 0 amide bonds. The van der Waals surface area contributed by atoms with Crippen LogP contribution in [0.2, 0.25) is 0 Å². The molecule has 0 aromatic carbocycles. The lowest BCUT2D eigenvalue weighted by Crippen LogP contribution is -2.02. The quantitative estimate of drug-likeness (QED) is 0.647. The van der Waals surface area contributed by atoms with Crippen molar-refractivity contribution >= 4 is 39.5 Å². The fourth-order valence-corrected chi connectivity index (χ4v) is 1.89. The van der Waals surface area contributed by atoms with E-state index >= 15 is 0 Å². The largest absolute Gasteiger partial charge is 0.465 e. The molecule has 0 aliphatic heterocycles. The normalized spacial score (nSPS) is 10.4. The van der Waals surface area contributed by atoms with Gasteiger partial charge in [0.15, 0.2) is 0 Å². The van der Waals surface area contributed by atoms with Crippen molar-refractivity contribution in [2.75, 3.05) is 7.11 Å². The molecule has 0 saturated carbocycles. The summed E-state index contributed by atoms with van der Waals surface area (Å²) >= 11 is 2.15. The Morgan fingerprint density at radius 1 is 1.57 bits per heavy atom. The summed E-state index contributed by atoms with van der Waals surface area (Å²) in [5, 5.41) is 0.914. The van der Waals surface area contributed by atoms with Crippen LogP contribution in [-0.4, -0.2) is 23.0 Å². The van der Waals surface area contributed by atoms with Crippen LogP contribution in [0.1, 0.15) is 10.4 Å². The van der Waals surface area contributed by atoms with Gasteiger partial charge in [-0.05, 0) is 28.7 Å². The molecular weight excluding hydrogens is 295 g/mol. The summed E-state index contributed by atoms with van der Waals surface area (Å²) in [6.45, 7) is 0. The Morgan fingerprint density at radius 3 is 3.07 bits per heavy atom. The second-order valence-electron chi connectivity index (χ2n) is 2.76. The van der Waals surface area contributed by atoms with E-state index in [1.165, 1.54) is 13.3 Å². The smallest absolute Gasteiger partial charge is 0.341 e. The number of hydrogen-bond acceptors (Lipinski definition) is 3. The number of H-pyrrole nitrogens is 1. The number of carbonyl (C=O) groups is 1. The molecule has 0 spiro atoms. The van der Waals surface area contributed by atoms with Crippen molar-refractivity contribution < 1.29 is 9.53 Å². The first kappa shape index (κ1) is 9.45. The minimum atomic E-state index is -0.374. The van der Waals surface area contributed by atoms with Gasteiger partial charge in [-0.15, -0.1) is 0 Å². The molecular formula is C9H7IN2O2. The van der Waals surface area contributed by atoms with Crippen LogP contribution in [0.4, 0.5) is 0 Å². The average molecular weight is 302 g/mol. The number of nitrogens with one attached hydrogen (secondary N) is 1. The average Bonchev–Trinajstić information content (AvgIpc) is 2.56. The minimum absolute atomic E-state index is 0.374. The number of esters is 1. The van der Waals surface area contributed by atoms with Crippen LogP contribution in [0, 0.1) is 3.70 Å². The first-order valence-corrected chi connectivity index (χ1v) is 5.01. The van der Waals surface area contributed by atoms with E-state index in [0.717, 1.165) is 14.6 Å². The molecule has 14 heavy (non-hydrogen) atoms. The van der Waals surface area contributed by atoms with E-state index in [-0.39, 0.29) is 5.97 Å². The highest BCUT2D eigenvalue weighted by Gasteiger charge is 2.12. The van der Waals surface area contributed by atoms with Gasteiger partial charge in [-0.3, -0.25) is 4.98 Å². The Balaban J connectivity index is 2.70. The molecule has 5 heteroatoms. The van der Waals surface area contributed by atoms with Crippen LogP contribution in [0.25, 0.3) is 10.9 Å². The topological polar surface area (TPSA) is 55.0 Å². The highest BCUT2D eigenvalue weighted by atomic mass is 127. The van der Waals surface area contributed by atoms with Gasteiger partial charge in [0, 0.05) is 17.8 Å². The first-order valence-electron chi connectivity index (χ1n) is 3.93. The number of fused-ring (bicyclic) bond motifs is 1. The minimum Gasteiger partial charge on any atom is -0.465 e. The van der Waals surface area contributed by atoms with Gasteiger partial charge < -0.3 is 9.72 Å². The lowest BCUT2D eigenvalue weighted by atomic mass is 10.2. The van der Waals surface area contributed by atoms with Crippen molar-refractivity contribution in [3.05, 3.63) is 27.7 Å². The van der Waals surface area contributed by atoms with Gasteiger partial charge in [-0.2, -0.15) is 0 Å². The summed E-state index contributed by atoms with van der Waals surface area (Å²) in [6.07, 6.45) is 3.21. The fourth-order valence-electron chi connectivity index (χ4n) is 1.28. The maximum atomic E-state index is 11.4. The standard InChI is InChI=1S/C9H7IN2O2/c1-14-9(13)6-4-11-3-5-2-7(10)12-8(5)6/h2-4,12H,1H3. The zero-order chi connectivity index (χ0) is 10.1. The number of ether oxygens (including phenoxy) is 1. The summed E-state index contributed by atoms with van der Waals surface area (Å²) in [4.78, 5) is 18.4. The monoisotopic (exact) mass is 302 g/mol. The third kappa shape index (κ3) is 1.47. The van der Waals surface area contributed by atoms with Crippen molar-refractivity contribution in [3.8, 4) is 0 Å². The van der Waals surface area contributed by atoms with Gasteiger partial charge in [0.2, 0.25) is 0 Å². The highest BCUT2D eigenvalue weighted by Crippen LogP contribution is 2.19. The van der Waals surface area contributed by atoms with Gasteiger partial charge in [0.25, 0.3) is 0 Å². The predicted molar refractivity (Wildman–Crippen MR) is 60.2 cm³/mol. The molecule has 4 nitrogen and oxygen atoms in total. The molecule has 0 radical (unpaired) electrons. The fraction of sp³-hybridized carbons (Fsp3) is 0.111. The predicted octanol–water partition coefficient (Wildman–Crippen LogP) is 1.95. The number of rotatable bonds is 1. The van der Waals surface area contributed by atoms with Crippen molar-refractivity contribution in [2.45, 2.75) is 0 Å². The van der Waals surface area contributed by atoms with Gasteiger partial charge in [0.1, 0.15) is 5.56 Å². The molecule has 0 aliphatic carbocycles. The van der Waals surface area contributed by atoms with E-state index < -0.39 is 0 Å². The van der Waals surface area contributed by atoms with Gasteiger partial charge in [-0.1, -0.05) is 0 Å². The Hall–Kier alpha value is -1.11. The molecule has 1 N–H and O–H groups in total. The maximum Gasteiger partial charge on any atom is 0.341 e. The number of aromatic amines is 1. The molecule has 2 aromatic heterocycles. The van der Waals surface area contributed by atoms with E-state index in [2.05, 4.69) is 37.3 Å². The zero-order valence-electron chi connectivity index (χ0n) is 7.37. The van der Waals surface area contributed by atoms with Crippen molar-refractivity contribution in [1.82, 2.24) is 9.97 Å². The SMILES string of the molecule is COC(=O)c1cncc2cc(I)[nH]c12. The Bertz CT molecular complexity index is 493. The molecule has 0 atom stereocenters. The van der Waals surface area contributed by atoms with E-state index in [0.29, 0.717) is 5.56 Å². The third-order valence-electron chi connectivity index (χ3n) is 1.91. The lowest BCUT2D eigenvalue weighted by molar-refractivity contribution is 0.0602. The van der Waals surface area contributed by atoms with Gasteiger partial charge in [-0.25, -0.2) is 4.79 Å². The van der Waals surface area contributed by atoms with Crippen molar-refractivity contribution in [1.29, 1.82) is 0 Å². The summed E-state index contributed by atoms with van der Waals surface area (Å²) in [7, 11) is 1.36. The van der Waals surface area contributed by atoms with Gasteiger partial charge >= 0.3 is 5.97 Å². The van der Waals surface area contributed by atoms with E-state index in [1.807, 2.05) is 6.07 Å². The molecule has 0 fully saturated rings. The molecule has 0 aliphatic rings. The van der Waals surface area contributed by atoms with E-state index in [9.17, 15) is 4.79 Å². The Labute approximate surface area is 93.8 Å². The van der Waals surface area contributed by atoms with Crippen molar-refractivity contribution in [2.24, 2.45) is 0 Å². The Morgan fingerprint density at radius 2 is 2.36 bits per heavy atom. The van der Waals surface area contributed by atoms with Crippen LogP contribution < -0.4 is 0 Å². The van der Waals surface area contributed by atoms with Crippen LogP contribution >= 0.6 is 22.6 Å². The molecule has 2 rings (SSSR count). The van der Waals surface area contributed by atoms with E-state index in [1.54, 1.807) is 6.20 Å². The number of nitrogens with zero attached hydrogens (tertiary/aromatic N) is 1. The second kappa shape index (κ2) is 3.56. The highest BCUT2D eigenvalue weighted by molar-refractivity contribution is 14.1. The summed E-state index contributed by atoms with van der Waals surface area (Å²) < 4.78 is 5.62. The molecule has 2 aromatic rings. The number of halogens is 1. The third-order valence-corrected chi connectivity index (χ3v) is 2.49. The zero-order valence-corrected chi connectivity index (χ0v) is 9.53. The number of pyridine rings is 1. The maximum absolute atomic E-state index is 11.4. The van der Waals surface area contributed by atoms with Crippen LogP contribution in [0.15, 0.2) is 18.5 Å². The molecule has 2 heterocycles. The second-order valence-corrected chi connectivity index (χ2v) is 3.92. The molecule has 72 valence electrons. The van der Waals surface area contributed by atoms with Crippen LogP contribution in [-0.2, 0) is 4.74 Å². The number of methoxy groups -OCH3 is 1. The first-order chi connectivity index (χ1) is 6.72. The summed E-state index contributed by atoms with van der Waals surface area (Å²) in [6, 6.07) is 1.93. The van der Waals surface area contributed by atoms with Crippen molar-refractivity contribution in [3.63, 3.8) is 0 Å². The van der Waals surface area contributed by atoms with Crippen LogP contribution in [0.3, 0.4) is 0 Å². The number of aromatic nitrogens is 2. The van der Waals surface area contributed by atoms with Gasteiger partial charge in [0.05, 0.1) is 16.3 Å². The molecule has 0 unspecified atom stereocenters. The molecule has 0 saturated heterocycles. The lowest BCUT2D eigenvalue weighted by Gasteiger charge is -1.99. The van der Waals surface area contributed by atoms with Crippen LogP contribution in [0.5, 0.6) is 0 Å². The summed E-state index contributed by atoms with van der Waals surface area (Å²) in [5.74, 6) is -0.374. The Kier molecular flexibility index (Phi) is 2.40. The number of carbonyl (C=O) groups excluding carboxylic acids is 1. The molecule has 0 bridgehead atoms. The summed E-state index contributed by atoms with van der Waals surface area (Å²) in [5.41, 5.74) is 1.24. The van der Waals surface area contributed by atoms with E-state index in [4.69, 9.17) is 0 Å².